The van der Waals surface area contributed by atoms with Crippen LogP contribution in [0.15, 0.2) is 23.3 Å². The van der Waals surface area contributed by atoms with Crippen molar-refractivity contribution in [2.75, 3.05) is 18.0 Å². The zero-order chi connectivity index (χ0) is 17.7. The largest absolute Gasteiger partial charge is 0.443 e. The van der Waals surface area contributed by atoms with Crippen molar-refractivity contribution in [1.82, 2.24) is 4.98 Å². The average molecular weight is 331 g/mol. The number of carbonyl (C=O) groups is 1. The summed E-state index contributed by atoms with van der Waals surface area (Å²) in [7, 11) is 0. The van der Waals surface area contributed by atoms with Crippen LogP contribution in [0.1, 0.15) is 59.4 Å². The lowest BCUT2D eigenvalue weighted by molar-refractivity contribution is 0.0575. The molecule has 0 unspecified atom stereocenters. The van der Waals surface area contributed by atoms with E-state index >= 15 is 0 Å². The van der Waals surface area contributed by atoms with Crippen molar-refractivity contribution in [2.24, 2.45) is 10.9 Å². The molecule has 132 valence electrons. The molecule has 0 fully saturated rings. The highest BCUT2D eigenvalue weighted by Gasteiger charge is 2.25. The highest BCUT2D eigenvalue weighted by Crippen LogP contribution is 2.20. The molecule has 5 nitrogen and oxygen atoms in total. The minimum absolute atomic E-state index is 0.321. The first-order valence-electron chi connectivity index (χ1n) is 8.76. The zero-order valence-corrected chi connectivity index (χ0v) is 15.5. The van der Waals surface area contributed by atoms with Crippen LogP contribution in [0, 0.1) is 5.92 Å². The Morgan fingerprint density at radius 3 is 2.54 bits per heavy atom. The van der Waals surface area contributed by atoms with E-state index in [2.05, 4.69) is 23.8 Å². The van der Waals surface area contributed by atoms with Gasteiger partial charge in [0.15, 0.2) is 0 Å². The van der Waals surface area contributed by atoms with Crippen LogP contribution in [0.2, 0.25) is 0 Å². The molecule has 1 aromatic heterocycles. The van der Waals surface area contributed by atoms with E-state index in [0.29, 0.717) is 18.3 Å². The predicted molar refractivity (Wildman–Crippen MR) is 97.9 cm³/mol. The molecule has 1 aromatic rings. The number of aromatic nitrogens is 1. The van der Waals surface area contributed by atoms with Gasteiger partial charge in [-0.3, -0.25) is 9.89 Å². The molecule has 0 aromatic carbocycles. The molecule has 5 heteroatoms. The van der Waals surface area contributed by atoms with Gasteiger partial charge in [-0.2, -0.15) is 0 Å². The molecule has 2 rings (SSSR count). The van der Waals surface area contributed by atoms with Crippen molar-refractivity contribution >= 4 is 17.6 Å². The minimum Gasteiger partial charge on any atom is -0.443 e. The number of aliphatic imine (C=N–C) groups is 1. The van der Waals surface area contributed by atoms with E-state index in [9.17, 15) is 4.79 Å². The Bertz CT molecular complexity index is 586. The molecule has 0 radical (unpaired) electrons. The quantitative estimate of drug-likeness (QED) is 0.819. The molecule has 2 heterocycles. The van der Waals surface area contributed by atoms with Crippen LogP contribution in [0.4, 0.5) is 10.6 Å². The molecule has 0 atom stereocenters. The smallest absolute Gasteiger partial charge is 0.416 e. The van der Waals surface area contributed by atoms with Gasteiger partial charge in [0.05, 0.1) is 0 Å². The first-order chi connectivity index (χ1) is 11.3. The van der Waals surface area contributed by atoms with Gasteiger partial charge < -0.3 is 4.74 Å². The van der Waals surface area contributed by atoms with Crippen LogP contribution in [-0.2, 0) is 4.74 Å². The maximum atomic E-state index is 12.5. The second-order valence-electron chi connectivity index (χ2n) is 7.68. The van der Waals surface area contributed by atoms with Gasteiger partial charge in [0.1, 0.15) is 11.4 Å². The second kappa shape index (κ2) is 7.77. The summed E-state index contributed by atoms with van der Waals surface area (Å²) < 4.78 is 5.52. The lowest BCUT2D eigenvalue weighted by Gasteiger charge is -2.28. The topological polar surface area (TPSA) is 54.8 Å². The van der Waals surface area contributed by atoms with Crippen molar-refractivity contribution in [2.45, 2.75) is 59.5 Å². The van der Waals surface area contributed by atoms with Gasteiger partial charge in [-0.05, 0) is 58.1 Å². The average Bonchev–Trinajstić information content (AvgIpc) is 2.52. The molecule has 0 aliphatic carbocycles. The second-order valence-corrected chi connectivity index (χ2v) is 7.68. The van der Waals surface area contributed by atoms with E-state index in [1.165, 1.54) is 6.42 Å². The molecule has 24 heavy (non-hydrogen) atoms. The van der Waals surface area contributed by atoms with E-state index in [4.69, 9.17) is 4.74 Å². The van der Waals surface area contributed by atoms with Crippen LogP contribution in [0.25, 0.3) is 0 Å². The number of hydrogen-bond acceptors (Lipinski definition) is 4. The van der Waals surface area contributed by atoms with Crippen LogP contribution < -0.4 is 4.90 Å². The van der Waals surface area contributed by atoms with Crippen molar-refractivity contribution in [3.8, 4) is 0 Å². The third-order valence-corrected chi connectivity index (χ3v) is 3.64. The van der Waals surface area contributed by atoms with Gasteiger partial charge in [0.2, 0.25) is 0 Å². The number of ether oxygens (including phenoxy) is 1. The fourth-order valence-corrected chi connectivity index (χ4v) is 2.59. The van der Waals surface area contributed by atoms with Crippen LogP contribution in [-0.4, -0.2) is 35.5 Å². The predicted octanol–water partition coefficient (Wildman–Crippen LogP) is 4.45. The van der Waals surface area contributed by atoms with Gasteiger partial charge in [-0.15, -0.1) is 0 Å². The summed E-state index contributed by atoms with van der Waals surface area (Å²) in [6.45, 7) is 11.2. The SMILES string of the molecule is CC(C)CN(C(=O)OC(C)(C)C)c1ccc(C2=NCCCC2)cn1. The lowest BCUT2D eigenvalue weighted by atomic mass is 10.0. The summed E-state index contributed by atoms with van der Waals surface area (Å²) in [6, 6.07) is 3.89. The molecule has 1 aliphatic heterocycles. The standard InChI is InChI=1S/C19H29N3O2/c1-14(2)13-22(18(23)24-19(3,4)5)17-10-9-15(12-21-17)16-8-6-7-11-20-16/h9-10,12,14H,6-8,11,13H2,1-5H3. The molecule has 1 aliphatic rings. The first-order valence-corrected chi connectivity index (χ1v) is 8.76. The first kappa shape index (κ1) is 18.4. The van der Waals surface area contributed by atoms with E-state index in [-0.39, 0.29) is 6.09 Å². The summed E-state index contributed by atoms with van der Waals surface area (Å²) in [5, 5.41) is 0. The van der Waals surface area contributed by atoms with Crippen molar-refractivity contribution in [1.29, 1.82) is 0 Å². The highest BCUT2D eigenvalue weighted by molar-refractivity contribution is 6.01. The minimum atomic E-state index is -0.525. The number of rotatable bonds is 4. The Balaban J connectivity index is 2.19. The van der Waals surface area contributed by atoms with Gasteiger partial charge in [0.25, 0.3) is 0 Å². The van der Waals surface area contributed by atoms with E-state index in [1.807, 2.05) is 39.1 Å². The van der Waals surface area contributed by atoms with Gasteiger partial charge in [0, 0.05) is 30.6 Å². The third-order valence-electron chi connectivity index (χ3n) is 3.64. The highest BCUT2D eigenvalue weighted by atomic mass is 16.6. The summed E-state index contributed by atoms with van der Waals surface area (Å²) in [4.78, 5) is 23.2. The maximum Gasteiger partial charge on any atom is 0.416 e. The zero-order valence-electron chi connectivity index (χ0n) is 15.5. The molecule has 0 saturated carbocycles. The summed E-state index contributed by atoms with van der Waals surface area (Å²) in [5.41, 5.74) is 1.64. The monoisotopic (exact) mass is 331 g/mol. The lowest BCUT2D eigenvalue weighted by Crippen LogP contribution is -2.39. The van der Waals surface area contributed by atoms with Gasteiger partial charge >= 0.3 is 6.09 Å². The van der Waals surface area contributed by atoms with Crippen LogP contribution in [0.3, 0.4) is 0 Å². The fourth-order valence-electron chi connectivity index (χ4n) is 2.59. The molecule has 0 spiro atoms. The number of nitrogens with zero attached hydrogens (tertiary/aromatic N) is 3. The Hall–Kier alpha value is -1.91. The number of anilines is 1. The van der Waals surface area contributed by atoms with Crippen LogP contribution >= 0.6 is 0 Å². The van der Waals surface area contributed by atoms with Gasteiger partial charge in [-0.25, -0.2) is 9.78 Å². The third kappa shape index (κ3) is 5.32. The maximum absolute atomic E-state index is 12.5. The normalized spacial score (nSPS) is 15.2. The molecule has 0 N–H and O–H groups in total. The van der Waals surface area contributed by atoms with E-state index < -0.39 is 5.60 Å². The number of hydrogen-bond donors (Lipinski definition) is 0. The molecular formula is C19H29N3O2. The molecule has 1 amide bonds. The van der Waals surface area contributed by atoms with Crippen molar-refractivity contribution < 1.29 is 9.53 Å². The molecule has 0 saturated heterocycles. The van der Waals surface area contributed by atoms with Gasteiger partial charge in [-0.1, -0.05) is 13.8 Å². The number of pyridine rings is 1. The Morgan fingerprint density at radius 1 is 1.29 bits per heavy atom. The summed E-state index contributed by atoms with van der Waals surface area (Å²) >= 11 is 0. The number of amides is 1. The van der Waals surface area contributed by atoms with E-state index in [1.54, 1.807) is 4.90 Å². The summed E-state index contributed by atoms with van der Waals surface area (Å²) in [6.07, 6.45) is 4.81. The number of carbonyl (C=O) groups excluding carboxylic acids is 1. The fraction of sp³-hybridized carbons (Fsp3) is 0.632. The molecule has 0 bridgehead atoms. The van der Waals surface area contributed by atoms with Crippen LogP contribution in [0.5, 0.6) is 0 Å². The Labute approximate surface area is 145 Å². The Morgan fingerprint density at radius 2 is 2.04 bits per heavy atom. The molecular weight excluding hydrogens is 302 g/mol. The van der Waals surface area contributed by atoms with Crippen molar-refractivity contribution in [3.63, 3.8) is 0 Å². The van der Waals surface area contributed by atoms with Crippen molar-refractivity contribution in [3.05, 3.63) is 23.9 Å². The summed E-state index contributed by atoms with van der Waals surface area (Å²) in [5.74, 6) is 0.944. The van der Waals surface area contributed by atoms with E-state index in [0.717, 1.165) is 30.7 Å². The Kier molecular flexibility index (Phi) is 5.97.